The Bertz CT molecular complexity index is 263. The normalized spacial score (nSPS) is 24.5. The van der Waals surface area contributed by atoms with E-state index < -0.39 is 5.97 Å². The Kier molecular flexibility index (Phi) is 7.97. The van der Waals surface area contributed by atoms with Gasteiger partial charge in [0, 0.05) is 32.3 Å². The molecule has 0 saturated carbocycles. The molecule has 6 heteroatoms. The van der Waals surface area contributed by atoms with Crippen molar-refractivity contribution in [1.29, 1.82) is 0 Å². The van der Waals surface area contributed by atoms with E-state index in [1.165, 1.54) is 0 Å². The van der Waals surface area contributed by atoms with Crippen molar-refractivity contribution in [3.8, 4) is 0 Å². The average molecular weight is 274 g/mol. The largest absolute Gasteiger partial charge is 0.480 e. The van der Waals surface area contributed by atoms with E-state index >= 15 is 0 Å². The summed E-state index contributed by atoms with van der Waals surface area (Å²) in [6.07, 6.45) is 3.44. The van der Waals surface area contributed by atoms with Crippen LogP contribution in [0.2, 0.25) is 0 Å². The fourth-order valence-corrected chi connectivity index (χ4v) is 2.75. The van der Waals surface area contributed by atoms with Crippen LogP contribution in [-0.4, -0.2) is 71.6 Å². The van der Waals surface area contributed by atoms with Crippen molar-refractivity contribution < 1.29 is 20.1 Å². The number of piperidine rings is 1. The summed E-state index contributed by atoms with van der Waals surface area (Å²) in [6, 6.07) is 0.281. The number of aliphatic hydroxyl groups is 2. The van der Waals surface area contributed by atoms with Crippen LogP contribution in [0, 0.1) is 5.92 Å². The quantitative estimate of drug-likeness (QED) is 0.424. The molecule has 2 atom stereocenters. The molecule has 2 unspecified atom stereocenters. The standard InChI is InChI=1S/C13H26N2O4/c16-5-1-3-11-7-12(14-4-2-6-17)9-15(8-11)10-13(18)19/h11-12,14,16-17H,1-10H2,(H,18,19). The lowest BCUT2D eigenvalue weighted by Crippen LogP contribution is -2.50. The number of carboxylic acids is 1. The monoisotopic (exact) mass is 274 g/mol. The number of hydrogen-bond acceptors (Lipinski definition) is 5. The molecule has 1 rings (SSSR count). The highest BCUT2D eigenvalue weighted by atomic mass is 16.4. The van der Waals surface area contributed by atoms with Gasteiger partial charge in [0.2, 0.25) is 0 Å². The molecule has 1 aliphatic rings. The lowest BCUT2D eigenvalue weighted by atomic mass is 9.90. The van der Waals surface area contributed by atoms with E-state index in [-0.39, 0.29) is 25.8 Å². The molecule has 0 aromatic rings. The number of nitrogens with zero attached hydrogens (tertiary/aromatic N) is 1. The van der Waals surface area contributed by atoms with Gasteiger partial charge >= 0.3 is 5.97 Å². The lowest BCUT2D eigenvalue weighted by Gasteiger charge is -2.37. The first-order valence-corrected chi connectivity index (χ1v) is 7.05. The van der Waals surface area contributed by atoms with Crippen molar-refractivity contribution in [2.75, 3.05) is 39.4 Å². The van der Waals surface area contributed by atoms with Gasteiger partial charge in [0.1, 0.15) is 0 Å². The van der Waals surface area contributed by atoms with Crippen molar-refractivity contribution in [3.05, 3.63) is 0 Å². The van der Waals surface area contributed by atoms with Gasteiger partial charge in [-0.05, 0) is 38.1 Å². The fourth-order valence-electron chi connectivity index (χ4n) is 2.75. The summed E-state index contributed by atoms with van der Waals surface area (Å²) >= 11 is 0. The zero-order chi connectivity index (χ0) is 14.1. The second-order valence-electron chi connectivity index (χ2n) is 5.28. The molecular formula is C13H26N2O4. The van der Waals surface area contributed by atoms with Crippen LogP contribution in [0.15, 0.2) is 0 Å². The highest BCUT2D eigenvalue weighted by Crippen LogP contribution is 2.21. The third-order valence-corrected chi connectivity index (χ3v) is 3.51. The Balaban J connectivity index is 2.43. The zero-order valence-corrected chi connectivity index (χ0v) is 11.4. The maximum Gasteiger partial charge on any atom is 0.317 e. The fraction of sp³-hybridized carbons (Fsp3) is 0.923. The molecule has 0 aromatic heterocycles. The first-order chi connectivity index (χ1) is 9.15. The minimum absolute atomic E-state index is 0.0772. The number of aliphatic carboxylic acids is 1. The van der Waals surface area contributed by atoms with Gasteiger partial charge in [0.15, 0.2) is 0 Å². The Morgan fingerprint density at radius 3 is 2.58 bits per heavy atom. The van der Waals surface area contributed by atoms with Crippen LogP contribution in [0.3, 0.4) is 0 Å². The maximum atomic E-state index is 10.8. The van der Waals surface area contributed by atoms with Gasteiger partial charge in [-0.2, -0.15) is 0 Å². The van der Waals surface area contributed by atoms with Crippen LogP contribution < -0.4 is 5.32 Å². The molecule has 1 aliphatic heterocycles. The maximum absolute atomic E-state index is 10.8. The Labute approximate surface area is 114 Å². The second-order valence-corrected chi connectivity index (χ2v) is 5.28. The summed E-state index contributed by atoms with van der Waals surface area (Å²) in [6.45, 7) is 2.74. The summed E-state index contributed by atoms with van der Waals surface area (Å²) in [4.78, 5) is 12.8. The van der Waals surface area contributed by atoms with Crippen LogP contribution >= 0.6 is 0 Å². The summed E-state index contributed by atoms with van der Waals surface area (Å²) in [7, 11) is 0. The number of hydrogen-bond donors (Lipinski definition) is 4. The van der Waals surface area contributed by atoms with Gasteiger partial charge in [0.05, 0.1) is 6.54 Å². The summed E-state index contributed by atoms with van der Waals surface area (Å²) < 4.78 is 0. The van der Waals surface area contributed by atoms with Gasteiger partial charge in [0.25, 0.3) is 0 Å². The van der Waals surface area contributed by atoms with E-state index in [0.717, 1.165) is 45.3 Å². The molecule has 112 valence electrons. The van der Waals surface area contributed by atoms with E-state index in [1.54, 1.807) is 0 Å². The number of nitrogens with one attached hydrogen (secondary N) is 1. The van der Waals surface area contributed by atoms with Crippen molar-refractivity contribution in [2.24, 2.45) is 5.92 Å². The SMILES string of the molecule is O=C(O)CN1CC(CCCO)CC(NCCCO)C1. The van der Waals surface area contributed by atoms with E-state index in [9.17, 15) is 4.79 Å². The highest BCUT2D eigenvalue weighted by molar-refractivity contribution is 5.69. The summed E-state index contributed by atoms with van der Waals surface area (Å²) in [5.41, 5.74) is 0. The predicted molar refractivity (Wildman–Crippen MR) is 72.0 cm³/mol. The Hall–Kier alpha value is -0.690. The Morgan fingerprint density at radius 1 is 1.21 bits per heavy atom. The second kappa shape index (κ2) is 9.25. The van der Waals surface area contributed by atoms with Gasteiger partial charge in [-0.25, -0.2) is 0 Å². The molecule has 0 aromatic carbocycles. The molecule has 0 bridgehead atoms. The van der Waals surface area contributed by atoms with E-state index in [2.05, 4.69) is 5.32 Å². The zero-order valence-electron chi connectivity index (χ0n) is 11.4. The predicted octanol–water partition coefficient (Wildman–Crippen LogP) is -0.494. The third-order valence-electron chi connectivity index (χ3n) is 3.51. The van der Waals surface area contributed by atoms with Crippen LogP contribution in [0.25, 0.3) is 0 Å². The summed E-state index contributed by atoms with van der Waals surface area (Å²) in [5.74, 6) is -0.358. The number of rotatable bonds is 9. The first kappa shape index (κ1) is 16.4. The molecule has 0 amide bonds. The number of likely N-dealkylation sites (tertiary alicyclic amines) is 1. The van der Waals surface area contributed by atoms with E-state index in [1.807, 2.05) is 4.90 Å². The number of carboxylic acid groups (broad SMARTS) is 1. The smallest absolute Gasteiger partial charge is 0.317 e. The van der Waals surface area contributed by atoms with E-state index in [0.29, 0.717) is 5.92 Å². The van der Waals surface area contributed by atoms with Gasteiger partial charge in [-0.15, -0.1) is 0 Å². The molecule has 6 nitrogen and oxygen atoms in total. The molecule has 1 heterocycles. The molecular weight excluding hydrogens is 248 g/mol. The minimum atomic E-state index is -0.795. The molecule has 19 heavy (non-hydrogen) atoms. The minimum Gasteiger partial charge on any atom is -0.480 e. The first-order valence-electron chi connectivity index (χ1n) is 7.05. The summed E-state index contributed by atoms with van der Waals surface area (Å²) in [5, 5.41) is 29.9. The Morgan fingerprint density at radius 2 is 1.95 bits per heavy atom. The van der Waals surface area contributed by atoms with Crippen LogP contribution in [0.5, 0.6) is 0 Å². The van der Waals surface area contributed by atoms with Crippen LogP contribution in [0.4, 0.5) is 0 Å². The van der Waals surface area contributed by atoms with Gasteiger partial charge < -0.3 is 20.6 Å². The van der Waals surface area contributed by atoms with Crippen molar-refractivity contribution in [3.63, 3.8) is 0 Å². The van der Waals surface area contributed by atoms with Crippen molar-refractivity contribution >= 4 is 5.97 Å². The van der Waals surface area contributed by atoms with Gasteiger partial charge in [-0.3, -0.25) is 9.69 Å². The number of aliphatic hydroxyl groups excluding tert-OH is 2. The lowest BCUT2D eigenvalue weighted by molar-refractivity contribution is -0.138. The average Bonchev–Trinajstić information content (AvgIpc) is 2.36. The van der Waals surface area contributed by atoms with Crippen molar-refractivity contribution in [2.45, 2.75) is 31.7 Å². The molecule has 1 fully saturated rings. The molecule has 0 radical (unpaired) electrons. The molecule has 0 spiro atoms. The highest BCUT2D eigenvalue weighted by Gasteiger charge is 2.27. The topological polar surface area (TPSA) is 93.0 Å². The van der Waals surface area contributed by atoms with Crippen molar-refractivity contribution in [1.82, 2.24) is 10.2 Å². The number of carbonyl (C=O) groups is 1. The van der Waals surface area contributed by atoms with Crippen LogP contribution in [0.1, 0.15) is 25.7 Å². The van der Waals surface area contributed by atoms with Crippen LogP contribution in [-0.2, 0) is 4.79 Å². The van der Waals surface area contributed by atoms with Gasteiger partial charge in [-0.1, -0.05) is 0 Å². The third kappa shape index (κ3) is 6.87. The molecule has 0 aliphatic carbocycles. The molecule has 4 N–H and O–H groups in total. The molecule has 1 saturated heterocycles. The van der Waals surface area contributed by atoms with E-state index in [4.69, 9.17) is 15.3 Å².